The predicted molar refractivity (Wildman–Crippen MR) is 97.3 cm³/mol. The number of rotatable bonds is 4. The molecule has 2 N–H and O–H groups in total. The molecule has 26 heavy (non-hydrogen) atoms. The SMILES string of the molecule is O=C1NC[C@H](NCc2ccc(Cl)cc2)n2nc(-c3ccc(F)cc3)cc21. The zero-order valence-electron chi connectivity index (χ0n) is 13.7. The zero-order valence-corrected chi connectivity index (χ0v) is 14.5. The highest BCUT2D eigenvalue weighted by Crippen LogP contribution is 2.23. The Morgan fingerprint density at radius 2 is 1.92 bits per heavy atom. The highest BCUT2D eigenvalue weighted by molar-refractivity contribution is 6.30. The van der Waals surface area contributed by atoms with Gasteiger partial charge in [0.05, 0.1) is 12.2 Å². The molecule has 0 spiro atoms. The third kappa shape index (κ3) is 3.34. The summed E-state index contributed by atoms with van der Waals surface area (Å²) in [5.41, 5.74) is 2.95. The van der Waals surface area contributed by atoms with Crippen LogP contribution < -0.4 is 10.6 Å². The van der Waals surface area contributed by atoms with Gasteiger partial charge in [-0.25, -0.2) is 9.07 Å². The van der Waals surface area contributed by atoms with Gasteiger partial charge in [-0.1, -0.05) is 23.7 Å². The summed E-state index contributed by atoms with van der Waals surface area (Å²) in [5, 5.41) is 11.5. The topological polar surface area (TPSA) is 59.0 Å². The van der Waals surface area contributed by atoms with E-state index >= 15 is 0 Å². The fourth-order valence-electron chi connectivity index (χ4n) is 2.93. The number of nitrogens with zero attached hydrogens (tertiary/aromatic N) is 2. The highest BCUT2D eigenvalue weighted by Gasteiger charge is 2.27. The van der Waals surface area contributed by atoms with Crippen LogP contribution in [-0.4, -0.2) is 22.2 Å². The van der Waals surface area contributed by atoms with Crippen molar-refractivity contribution >= 4 is 17.5 Å². The molecule has 3 aromatic rings. The molecule has 0 bridgehead atoms. The molecule has 4 rings (SSSR count). The zero-order chi connectivity index (χ0) is 18.1. The summed E-state index contributed by atoms with van der Waals surface area (Å²) < 4.78 is 14.8. The van der Waals surface area contributed by atoms with E-state index in [1.54, 1.807) is 22.9 Å². The first-order valence-electron chi connectivity index (χ1n) is 8.22. The Morgan fingerprint density at radius 1 is 1.19 bits per heavy atom. The molecule has 132 valence electrons. The van der Waals surface area contributed by atoms with Crippen molar-refractivity contribution in [1.82, 2.24) is 20.4 Å². The molecular weight excluding hydrogens is 355 g/mol. The number of carbonyl (C=O) groups is 1. The fraction of sp³-hybridized carbons (Fsp3) is 0.158. The molecule has 1 aromatic heterocycles. The minimum absolute atomic E-state index is 0.171. The maximum absolute atomic E-state index is 13.1. The smallest absolute Gasteiger partial charge is 0.269 e. The molecule has 2 heterocycles. The minimum atomic E-state index is -0.307. The number of benzene rings is 2. The Labute approximate surface area is 154 Å². The van der Waals surface area contributed by atoms with Gasteiger partial charge in [-0.15, -0.1) is 0 Å². The van der Waals surface area contributed by atoms with Gasteiger partial charge in [0, 0.05) is 17.1 Å². The molecule has 2 aromatic carbocycles. The summed E-state index contributed by atoms with van der Waals surface area (Å²) >= 11 is 5.91. The predicted octanol–water partition coefficient (Wildman–Crippen LogP) is 3.37. The average Bonchev–Trinajstić information content (AvgIpc) is 3.10. The highest BCUT2D eigenvalue weighted by atomic mass is 35.5. The number of aromatic nitrogens is 2. The van der Waals surface area contributed by atoms with Crippen LogP contribution in [0.3, 0.4) is 0 Å². The Kier molecular flexibility index (Phi) is 4.44. The lowest BCUT2D eigenvalue weighted by molar-refractivity contribution is 0.0900. The van der Waals surface area contributed by atoms with Crippen molar-refractivity contribution in [1.29, 1.82) is 0 Å². The summed E-state index contributed by atoms with van der Waals surface area (Å²) in [7, 11) is 0. The molecule has 5 nitrogen and oxygen atoms in total. The van der Waals surface area contributed by atoms with Crippen molar-refractivity contribution in [2.45, 2.75) is 12.7 Å². The Balaban J connectivity index is 1.58. The Morgan fingerprint density at radius 3 is 2.65 bits per heavy atom. The molecule has 0 aliphatic carbocycles. The van der Waals surface area contributed by atoms with Crippen molar-refractivity contribution in [3.63, 3.8) is 0 Å². The van der Waals surface area contributed by atoms with Gasteiger partial charge >= 0.3 is 0 Å². The number of carbonyl (C=O) groups excluding carboxylic acids is 1. The van der Waals surface area contributed by atoms with Crippen molar-refractivity contribution in [3.05, 3.63) is 76.7 Å². The lowest BCUT2D eigenvalue weighted by Crippen LogP contribution is -2.45. The van der Waals surface area contributed by atoms with Crippen molar-refractivity contribution in [3.8, 4) is 11.3 Å². The molecule has 1 aliphatic rings. The summed E-state index contributed by atoms with van der Waals surface area (Å²) in [6, 6.07) is 15.4. The Hall–Kier alpha value is -2.70. The molecule has 1 amide bonds. The van der Waals surface area contributed by atoms with Crippen LogP contribution in [0, 0.1) is 5.82 Å². The van der Waals surface area contributed by atoms with E-state index in [0.717, 1.165) is 11.1 Å². The maximum Gasteiger partial charge on any atom is 0.269 e. The van der Waals surface area contributed by atoms with Crippen molar-refractivity contribution in [2.24, 2.45) is 0 Å². The molecule has 1 aliphatic heterocycles. The first-order chi connectivity index (χ1) is 12.6. The van der Waals surface area contributed by atoms with E-state index in [-0.39, 0.29) is 17.9 Å². The molecule has 0 unspecified atom stereocenters. The average molecular weight is 371 g/mol. The maximum atomic E-state index is 13.1. The lowest BCUT2D eigenvalue weighted by atomic mass is 10.1. The van der Waals surface area contributed by atoms with Crippen LogP contribution in [0.15, 0.2) is 54.6 Å². The van der Waals surface area contributed by atoms with Crippen molar-refractivity contribution in [2.75, 3.05) is 6.54 Å². The van der Waals surface area contributed by atoms with E-state index in [0.29, 0.717) is 29.5 Å². The second kappa shape index (κ2) is 6.90. The second-order valence-corrected chi connectivity index (χ2v) is 6.54. The number of hydrogen-bond donors (Lipinski definition) is 2. The molecular formula is C19H16ClFN4O. The molecule has 0 fully saturated rings. The summed E-state index contributed by atoms with van der Waals surface area (Å²) in [5.74, 6) is -0.478. The quantitative estimate of drug-likeness (QED) is 0.740. The third-order valence-corrected chi connectivity index (χ3v) is 4.57. The number of amides is 1. The first-order valence-corrected chi connectivity index (χ1v) is 8.59. The second-order valence-electron chi connectivity index (χ2n) is 6.10. The van der Waals surface area contributed by atoms with Crippen LogP contribution >= 0.6 is 11.6 Å². The van der Waals surface area contributed by atoms with E-state index < -0.39 is 0 Å². The van der Waals surface area contributed by atoms with Gasteiger partial charge in [0.2, 0.25) is 0 Å². The number of fused-ring (bicyclic) bond motifs is 1. The monoisotopic (exact) mass is 370 g/mol. The van der Waals surface area contributed by atoms with Crippen LogP contribution in [-0.2, 0) is 6.54 Å². The van der Waals surface area contributed by atoms with Gasteiger partial charge < -0.3 is 5.32 Å². The largest absolute Gasteiger partial charge is 0.347 e. The minimum Gasteiger partial charge on any atom is -0.347 e. The number of halogens is 2. The summed E-state index contributed by atoms with van der Waals surface area (Å²) in [6.45, 7) is 1.05. The van der Waals surface area contributed by atoms with Gasteiger partial charge in [-0.2, -0.15) is 5.10 Å². The first kappa shape index (κ1) is 16.8. The van der Waals surface area contributed by atoms with E-state index in [4.69, 9.17) is 11.6 Å². The van der Waals surface area contributed by atoms with Gasteiger partial charge in [0.25, 0.3) is 5.91 Å². The molecule has 0 saturated heterocycles. The standard InChI is InChI=1S/C19H16ClFN4O/c20-14-5-1-12(2-6-14)10-22-18-11-23-19(26)17-9-16(24-25(17)18)13-3-7-15(21)8-4-13/h1-9,18,22H,10-11H2,(H,23,26)/t18-/m1/s1. The molecule has 0 radical (unpaired) electrons. The number of nitrogens with one attached hydrogen (secondary N) is 2. The van der Waals surface area contributed by atoms with Gasteiger partial charge in [0.15, 0.2) is 0 Å². The Bertz CT molecular complexity index is 937. The third-order valence-electron chi connectivity index (χ3n) is 4.31. The fourth-order valence-corrected chi connectivity index (χ4v) is 3.05. The van der Waals surface area contributed by atoms with Crippen LogP contribution in [0.1, 0.15) is 22.2 Å². The van der Waals surface area contributed by atoms with Crippen LogP contribution in [0.5, 0.6) is 0 Å². The van der Waals surface area contributed by atoms with E-state index in [1.807, 2.05) is 24.3 Å². The van der Waals surface area contributed by atoms with Crippen LogP contribution in [0.2, 0.25) is 5.02 Å². The van der Waals surface area contributed by atoms with E-state index in [2.05, 4.69) is 15.7 Å². The lowest BCUT2D eigenvalue weighted by Gasteiger charge is -2.25. The summed E-state index contributed by atoms with van der Waals surface area (Å²) in [6.07, 6.45) is -0.174. The van der Waals surface area contributed by atoms with Crippen LogP contribution in [0.4, 0.5) is 4.39 Å². The van der Waals surface area contributed by atoms with Gasteiger partial charge in [-0.3, -0.25) is 10.1 Å². The summed E-state index contributed by atoms with van der Waals surface area (Å²) in [4.78, 5) is 12.2. The van der Waals surface area contributed by atoms with Gasteiger partial charge in [0.1, 0.15) is 17.7 Å². The van der Waals surface area contributed by atoms with Crippen molar-refractivity contribution < 1.29 is 9.18 Å². The number of hydrogen-bond acceptors (Lipinski definition) is 3. The van der Waals surface area contributed by atoms with Gasteiger partial charge in [-0.05, 0) is 48.0 Å². The normalized spacial score (nSPS) is 16.2. The van der Waals surface area contributed by atoms with Crippen LogP contribution in [0.25, 0.3) is 11.3 Å². The van der Waals surface area contributed by atoms with E-state index in [9.17, 15) is 9.18 Å². The molecule has 7 heteroatoms. The molecule has 0 saturated carbocycles. The molecule has 1 atom stereocenters. The van der Waals surface area contributed by atoms with E-state index in [1.165, 1.54) is 12.1 Å².